The number of rotatable bonds is 3. The number of carbonyl (C=O) groups is 1. The summed E-state index contributed by atoms with van der Waals surface area (Å²) in [6, 6.07) is 2.37. The van der Waals surface area contributed by atoms with E-state index in [-0.39, 0.29) is 17.1 Å². The lowest BCUT2D eigenvalue weighted by atomic mass is 10.1. The van der Waals surface area contributed by atoms with Gasteiger partial charge in [0.25, 0.3) is 5.69 Å². The van der Waals surface area contributed by atoms with Gasteiger partial charge in [0.15, 0.2) is 0 Å². The smallest absolute Gasteiger partial charge is 0.289 e. The summed E-state index contributed by atoms with van der Waals surface area (Å²) >= 11 is 0. The van der Waals surface area contributed by atoms with Crippen molar-refractivity contribution >= 4 is 17.4 Å². The van der Waals surface area contributed by atoms with Gasteiger partial charge in [0.1, 0.15) is 29.7 Å². The number of primary amides is 1. The summed E-state index contributed by atoms with van der Waals surface area (Å²) in [6.45, 7) is 1.39. The topological polar surface area (TPSA) is 138 Å². The number of carbonyl (C=O) groups excluding carboxylic acids is 1. The Hall–Kier alpha value is -2.73. The van der Waals surface area contributed by atoms with Gasteiger partial charge in [0.05, 0.1) is 4.92 Å². The van der Waals surface area contributed by atoms with Crippen molar-refractivity contribution in [2.24, 2.45) is 5.73 Å². The number of nitriles is 1. The van der Waals surface area contributed by atoms with Crippen LogP contribution in [0.1, 0.15) is 5.56 Å². The summed E-state index contributed by atoms with van der Waals surface area (Å²) in [4.78, 5) is 27.0. The molecule has 1 aliphatic heterocycles. The van der Waals surface area contributed by atoms with Gasteiger partial charge in [-0.3, -0.25) is 14.9 Å². The number of aromatic nitrogens is 1. The van der Waals surface area contributed by atoms with Crippen molar-refractivity contribution < 1.29 is 9.72 Å². The van der Waals surface area contributed by atoms with Crippen molar-refractivity contribution in [2.75, 3.05) is 24.5 Å². The fourth-order valence-electron chi connectivity index (χ4n) is 2.07. The first-order chi connectivity index (χ1) is 9.54. The number of nitro groups is 1. The lowest BCUT2D eigenvalue weighted by molar-refractivity contribution is -0.385. The molecule has 0 saturated carbocycles. The monoisotopic (exact) mass is 276 g/mol. The van der Waals surface area contributed by atoms with E-state index in [1.165, 1.54) is 0 Å². The standard InChI is InChI=1S/C11H12N6O3/c12-4-7-3-8(17(19)20)5-15-11(7)16-2-1-14-6-9(16)10(13)18/h3,5,9,14H,1-2,6H2,(H2,13,18). The molecule has 0 aliphatic carbocycles. The number of pyridine rings is 1. The van der Waals surface area contributed by atoms with Gasteiger partial charge in [-0.1, -0.05) is 0 Å². The molecular weight excluding hydrogens is 264 g/mol. The van der Waals surface area contributed by atoms with Gasteiger partial charge in [-0.15, -0.1) is 0 Å². The SMILES string of the molecule is N#Cc1cc([N+](=O)[O-])cnc1N1CCNCC1C(N)=O. The molecule has 1 aromatic heterocycles. The first-order valence-electron chi connectivity index (χ1n) is 5.86. The third-order valence-corrected chi connectivity index (χ3v) is 3.03. The molecule has 1 aromatic rings. The first-order valence-corrected chi connectivity index (χ1v) is 5.86. The zero-order chi connectivity index (χ0) is 14.7. The highest BCUT2D eigenvalue weighted by Gasteiger charge is 2.30. The van der Waals surface area contributed by atoms with E-state index < -0.39 is 16.9 Å². The minimum Gasteiger partial charge on any atom is -0.368 e. The van der Waals surface area contributed by atoms with Crippen molar-refractivity contribution in [1.29, 1.82) is 5.26 Å². The summed E-state index contributed by atoms with van der Waals surface area (Å²) in [5, 5.41) is 22.8. The molecule has 0 bridgehead atoms. The van der Waals surface area contributed by atoms with Crippen LogP contribution >= 0.6 is 0 Å². The highest BCUT2D eigenvalue weighted by atomic mass is 16.6. The average Bonchev–Trinajstić information content (AvgIpc) is 2.46. The second-order valence-electron chi connectivity index (χ2n) is 4.25. The van der Waals surface area contributed by atoms with Crippen molar-refractivity contribution in [3.8, 4) is 6.07 Å². The third-order valence-electron chi connectivity index (χ3n) is 3.03. The summed E-state index contributed by atoms with van der Waals surface area (Å²) in [6.07, 6.45) is 1.07. The zero-order valence-corrected chi connectivity index (χ0v) is 10.4. The minimum atomic E-state index is -0.634. The van der Waals surface area contributed by atoms with Gasteiger partial charge in [-0.05, 0) is 0 Å². The number of anilines is 1. The highest BCUT2D eigenvalue weighted by Crippen LogP contribution is 2.24. The Balaban J connectivity index is 2.43. The van der Waals surface area contributed by atoms with E-state index in [2.05, 4.69) is 10.3 Å². The number of hydrogen-bond donors (Lipinski definition) is 2. The van der Waals surface area contributed by atoms with Crippen LogP contribution in [0.3, 0.4) is 0 Å². The number of amides is 1. The van der Waals surface area contributed by atoms with Crippen molar-refractivity contribution in [3.05, 3.63) is 27.9 Å². The van der Waals surface area contributed by atoms with Crippen LogP contribution in [0.4, 0.5) is 11.5 Å². The zero-order valence-electron chi connectivity index (χ0n) is 10.4. The van der Waals surface area contributed by atoms with Crippen molar-refractivity contribution in [3.63, 3.8) is 0 Å². The Morgan fingerprint density at radius 2 is 2.45 bits per heavy atom. The number of hydrogen-bond acceptors (Lipinski definition) is 7. The highest BCUT2D eigenvalue weighted by molar-refractivity contribution is 5.84. The van der Waals surface area contributed by atoms with E-state index in [0.717, 1.165) is 12.3 Å². The molecule has 1 fully saturated rings. The van der Waals surface area contributed by atoms with E-state index >= 15 is 0 Å². The summed E-state index contributed by atoms with van der Waals surface area (Å²) in [5.74, 6) is -0.301. The molecule has 3 N–H and O–H groups in total. The number of nitrogens with zero attached hydrogens (tertiary/aromatic N) is 4. The van der Waals surface area contributed by atoms with Gasteiger partial charge >= 0.3 is 0 Å². The number of nitrogens with one attached hydrogen (secondary N) is 1. The van der Waals surface area contributed by atoms with E-state index in [9.17, 15) is 14.9 Å². The molecule has 9 nitrogen and oxygen atoms in total. The molecule has 2 rings (SSSR count). The van der Waals surface area contributed by atoms with Crippen LogP contribution < -0.4 is 16.0 Å². The third kappa shape index (κ3) is 2.50. The molecule has 1 amide bonds. The first kappa shape index (κ1) is 13.7. The van der Waals surface area contributed by atoms with Crippen LogP contribution in [0, 0.1) is 21.4 Å². The van der Waals surface area contributed by atoms with Crippen LogP contribution in [0.5, 0.6) is 0 Å². The van der Waals surface area contributed by atoms with Crippen LogP contribution in [0.25, 0.3) is 0 Å². The molecule has 0 aromatic carbocycles. The van der Waals surface area contributed by atoms with Crippen LogP contribution in [0.2, 0.25) is 0 Å². The summed E-state index contributed by atoms with van der Waals surface area (Å²) in [5.41, 5.74) is 5.11. The Morgan fingerprint density at radius 1 is 1.70 bits per heavy atom. The van der Waals surface area contributed by atoms with Gasteiger partial charge in [-0.2, -0.15) is 5.26 Å². The van der Waals surface area contributed by atoms with Gasteiger partial charge in [-0.25, -0.2) is 4.98 Å². The predicted octanol–water partition coefficient (Wildman–Crippen LogP) is -0.875. The maximum atomic E-state index is 11.4. The Kier molecular flexibility index (Phi) is 3.76. The molecule has 1 aliphatic rings. The second kappa shape index (κ2) is 5.50. The predicted molar refractivity (Wildman–Crippen MR) is 68.8 cm³/mol. The quantitative estimate of drug-likeness (QED) is 0.540. The molecule has 0 radical (unpaired) electrons. The summed E-state index contributed by atoms with van der Waals surface area (Å²) < 4.78 is 0. The molecule has 9 heteroatoms. The van der Waals surface area contributed by atoms with Crippen LogP contribution in [0.15, 0.2) is 12.3 Å². The maximum absolute atomic E-state index is 11.4. The van der Waals surface area contributed by atoms with E-state index in [4.69, 9.17) is 11.0 Å². The molecule has 0 spiro atoms. The van der Waals surface area contributed by atoms with E-state index in [1.807, 2.05) is 6.07 Å². The van der Waals surface area contributed by atoms with Gasteiger partial charge < -0.3 is 16.0 Å². The molecule has 1 atom stereocenters. The lowest BCUT2D eigenvalue weighted by Crippen LogP contribution is -2.57. The molecule has 20 heavy (non-hydrogen) atoms. The largest absolute Gasteiger partial charge is 0.368 e. The van der Waals surface area contributed by atoms with E-state index in [0.29, 0.717) is 19.6 Å². The van der Waals surface area contributed by atoms with Crippen LogP contribution in [-0.2, 0) is 4.79 Å². The fraction of sp³-hybridized carbons (Fsp3) is 0.364. The van der Waals surface area contributed by atoms with Crippen molar-refractivity contribution in [1.82, 2.24) is 10.3 Å². The van der Waals surface area contributed by atoms with Crippen molar-refractivity contribution in [2.45, 2.75) is 6.04 Å². The normalized spacial score (nSPS) is 18.4. The fourth-order valence-corrected chi connectivity index (χ4v) is 2.07. The van der Waals surface area contributed by atoms with E-state index in [1.54, 1.807) is 4.90 Å². The molecule has 104 valence electrons. The Labute approximate surface area is 114 Å². The average molecular weight is 276 g/mol. The second-order valence-corrected chi connectivity index (χ2v) is 4.25. The molecule has 2 heterocycles. The molecular formula is C11H12N6O3. The summed E-state index contributed by atoms with van der Waals surface area (Å²) in [7, 11) is 0. The minimum absolute atomic E-state index is 0.0485. The van der Waals surface area contributed by atoms with Gasteiger partial charge in [0.2, 0.25) is 5.91 Å². The number of piperazine rings is 1. The maximum Gasteiger partial charge on any atom is 0.289 e. The Bertz CT molecular complexity index is 596. The molecule has 1 saturated heterocycles. The molecule has 1 unspecified atom stereocenters. The van der Waals surface area contributed by atoms with Crippen LogP contribution in [-0.4, -0.2) is 41.5 Å². The number of nitrogens with two attached hydrogens (primary N) is 1. The lowest BCUT2D eigenvalue weighted by Gasteiger charge is -2.35. The van der Waals surface area contributed by atoms with Gasteiger partial charge in [0, 0.05) is 25.7 Å². The Morgan fingerprint density at radius 3 is 3.05 bits per heavy atom.